The molecule has 1 N–H and O–H groups in total. The topological polar surface area (TPSA) is 64.1 Å². The second-order valence-corrected chi connectivity index (χ2v) is 5.41. The molecule has 0 saturated heterocycles. The van der Waals surface area contributed by atoms with Gasteiger partial charge in [-0.3, -0.25) is 0 Å². The van der Waals surface area contributed by atoms with Crippen LogP contribution in [0.2, 0.25) is 0 Å². The predicted octanol–water partition coefficient (Wildman–Crippen LogP) is 3.98. The van der Waals surface area contributed by atoms with Crippen LogP contribution in [-0.2, 0) is 4.74 Å². The zero-order valence-corrected chi connectivity index (χ0v) is 13.7. The number of esters is 1. The first kappa shape index (κ1) is 15.9. The highest BCUT2D eigenvalue weighted by Crippen LogP contribution is 2.24. The lowest BCUT2D eigenvalue weighted by Crippen LogP contribution is -2.14. The number of fused-ring (bicyclic) bond motifs is 1. The van der Waals surface area contributed by atoms with Crippen LogP contribution in [0.3, 0.4) is 0 Å². The molecule has 3 aromatic rings. The van der Waals surface area contributed by atoms with Crippen molar-refractivity contribution in [1.82, 2.24) is 9.97 Å². The predicted molar refractivity (Wildman–Crippen MR) is 94.0 cm³/mol. The van der Waals surface area contributed by atoms with Crippen molar-refractivity contribution in [2.75, 3.05) is 11.9 Å². The summed E-state index contributed by atoms with van der Waals surface area (Å²) in [5.41, 5.74) is 1.84. The molecule has 1 atom stereocenters. The van der Waals surface area contributed by atoms with Gasteiger partial charge in [0.25, 0.3) is 0 Å². The number of rotatable bonds is 5. The highest BCUT2D eigenvalue weighted by Gasteiger charge is 2.16. The molecule has 1 aromatic heterocycles. The first-order valence-electron chi connectivity index (χ1n) is 7.94. The number of para-hydroxylation sites is 1. The van der Waals surface area contributed by atoms with Crippen LogP contribution in [0.4, 0.5) is 5.82 Å². The molecule has 1 heterocycles. The van der Waals surface area contributed by atoms with Crippen molar-refractivity contribution in [1.29, 1.82) is 0 Å². The van der Waals surface area contributed by atoms with Gasteiger partial charge in [-0.25, -0.2) is 14.8 Å². The molecule has 0 aliphatic heterocycles. The maximum absolute atomic E-state index is 12.0. The van der Waals surface area contributed by atoms with Gasteiger partial charge >= 0.3 is 5.97 Å². The molecule has 0 bridgehead atoms. The first-order chi connectivity index (χ1) is 11.7. The number of carbonyl (C=O) groups excluding carboxylic acids is 1. The van der Waals surface area contributed by atoms with Crippen molar-refractivity contribution in [3.05, 3.63) is 66.0 Å². The van der Waals surface area contributed by atoms with Gasteiger partial charge in [0.2, 0.25) is 5.82 Å². The number of nitrogens with zero attached hydrogens (tertiary/aromatic N) is 2. The molecule has 24 heavy (non-hydrogen) atoms. The van der Waals surface area contributed by atoms with E-state index in [0.717, 1.165) is 10.9 Å². The van der Waals surface area contributed by atoms with E-state index in [9.17, 15) is 4.79 Å². The van der Waals surface area contributed by atoms with Crippen molar-refractivity contribution in [2.24, 2.45) is 0 Å². The molecule has 0 saturated carbocycles. The summed E-state index contributed by atoms with van der Waals surface area (Å²) in [4.78, 5) is 20.7. The average molecular weight is 321 g/mol. The first-order valence-corrected chi connectivity index (χ1v) is 7.94. The minimum absolute atomic E-state index is 0.0413. The third-order valence-corrected chi connectivity index (χ3v) is 3.71. The lowest BCUT2D eigenvalue weighted by Gasteiger charge is -2.17. The van der Waals surface area contributed by atoms with Gasteiger partial charge < -0.3 is 10.1 Å². The van der Waals surface area contributed by atoms with E-state index in [-0.39, 0.29) is 18.5 Å². The van der Waals surface area contributed by atoms with Crippen molar-refractivity contribution >= 4 is 22.7 Å². The maximum Gasteiger partial charge on any atom is 0.376 e. The Hall–Kier alpha value is -2.95. The van der Waals surface area contributed by atoms with Crippen molar-refractivity contribution in [2.45, 2.75) is 19.9 Å². The van der Waals surface area contributed by atoms with Gasteiger partial charge in [-0.1, -0.05) is 42.5 Å². The highest BCUT2D eigenvalue weighted by molar-refractivity contribution is 5.94. The molecule has 3 rings (SSSR count). The number of hydrogen-bond donors (Lipinski definition) is 1. The molecule has 0 amide bonds. The van der Waals surface area contributed by atoms with Crippen LogP contribution in [0, 0.1) is 0 Å². The third-order valence-electron chi connectivity index (χ3n) is 3.71. The Kier molecular flexibility index (Phi) is 4.70. The molecular formula is C19H19N3O2. The Morgan fingerprint density at radius 2 is 1.79 bits per heavy atom. The van der Waals surface area contributed by atoms with Crippen LogP contribution in [0.25, 0.3) is 10.9 Å². The van der Waals surface area contributed by atoms with E-state index in [4.69, 9.17) is 4.74 Å². The summed E-state index contributed by atoms with van der Waals surface area (Å²) >= 11 is 0. The minimum atomic E-state index is -0.515. The molecule has 0 spiro atoms. The Morgan fingerprint density at radius 1 is 1.08 bits per heavy atom. The third kappa shape index (κ3) is 3.35. The smallest absolute Gasteiger partial charge is 0.376 e. The Balaban J connectivity index is 2.00. The van der Waals surface area contributed by atoms with Crippen LogP contribution in [0.1, 0.15) is 36.1 Å². The molecule has 0 aliphatic rings. The molecule has 0 unspecified atom stereocenters. The Bertz CT molecular complexity index is 850. The van der Waals surface area contributed by atoms with Gasteiger partial charge in [-0.2, -0.15) is 0 Å². The maximum atomic E-state index is 12.0. The molecular weight excluding hydrogens is 302 g/mol. The molecule has 5 nitrogen and oxygen atoms in total. The number of nitrogens with one attached hydrogen (secondary N) is 1. The van der Waals surface area contributed by atoms with Crippen LogP contribution >= 0.6 is 0 Å². The SMILES string of the molecule is CCOC(=O)c1nc(N[C@H](C)c2ccccc2)c2ccccc2n1. The number of anilines is 1. The second-order valence-electron chi connectivity index (χ2n) is 5.41. The summed E-state index contributed by atoms with van der Waals surface area (Å²) in [6.07, 6.45) is 0. The van der Waals surface area contributed by atoms with Gasteiger partial charge in [0.05, 0.1) is 12.1 Å². The average Bonchev–Trinajstić information content (AvgIpc) is 2.62. The normalized spacial score (nSPS) is 11.9. The fraction of sp³-hybridized carbons (Fsp3) is 0.211. The monoisotopic (exact) mass is 321 g/mol. The lowest BCUT2D eigenvalue weighted by atomic mass is 10.1. The van der Waals surface area contributed by atoms with E-state index in [0.29, 0.717) is 11.3 Å². The Labute approximate surface area is 140 Å². The van der Waals surface area contributed by atoms with Gasteiger partial charge in [0.15, 0.2) is 0 Å². The van der Waals surface area contributed by atoms with Crippen molar-refractivity contribution in [3.63, 3.8) is 0 Å². The van der Waals surface area contributed by atoms with E-state index in [1.807, 2.05) is 54.6 Å². The minimum Gasteiger partial charge on any atom is -0.460 e. The molecule has 122 valence electrons. The summed E-state index contributed by atoms with van der Waals surface area (Å²) in [6, 6.07) is 17.7. The highest BCUT2D eigenvalue weighted by atomic mass is 16.5. The van der Waals surface area contributed by atoms with Gasteiger partial charge in [-0.15, -0.1) is 0 Å². The van der Waals surface area contributed by atoms with Crippen LogP contribution in [-0.4, -0.2) is 22.5 Å². The number of carbonyl (C=O) groups is 1. The lowest BCUT2D eigenvalue weighted by molar-refractivity contribution is 0.0512. The second kappa shape index (κ2) is 7.08. The van der Waals surface area contributed by atoms with Crippen LogP contribution < -0.4 is 5.32 Å². The van der Waals surface area contributed by atoms with Gasteiger partial charge in [-0.05, 0) is 31.5 Å². The molecule has 5 heteroatoms. The summed E-state index contributed by atoms with van der Waals surface area (Å²) < 4.78 is 5.03. The van der Waals surface area contributed by atoms with Crippen LogP contribution in [0.15, 0.2) is 54.6 Å². The fourth-order valence-corrected chi connectivity index (χ4v) is 2.50. The summed E-state index contributed by atoms with van der Waals surface area (Å²) in [7, 11) is 0. The van der Waals surface area contributed by atoms with E-state index >= 15 is 0 Å². The largest absolute Gasteiger partial charge is 0.460 e. The standard InChI is InChI=1S/C19H19N3O2/c1-3-24-19(23)18-21-16-12-8-7-11-15(16)17(22-18)20-13(2)14-9-5-4-6-10-14/h4-13H,3H2,1-2H3,(H,20,21,22)/t13-/m1/s1. The molecule has 0 aliphatic carbocycles. The van der Waals surface area contributed by atoms with E-state index in [1.54, 1.807) is 6.92 Å². The van der Waals surface area contributed by atoms with Crippen molar-refractivity contribution < 1.29 is 9.53 Å². The number of benzene rings is 2. The van der Waals surface area contributed by atoms with Crippen molar-refractivity contribution in [3.8, 4) is 0 Å². The number of hydrogen-bond acceptors (Lipinski definition) is 5. The number of ether oxygens (including phenoxy) is 1. The Morgan fingerprint density at radius 3 is 2.54 bits per heavy atom. The molecule has 0 radical (unpaired) electrons. The quantitative estimate of drug-likeness (QED) is 0.720. The van der Waals surface area contributed by atoms with E-state index < -0.39 is 5.97 Å². The summed E-state index contributed by atoms with van der Waals surface area (Å²) in [5.74, 6) is 0.178. The zero-order chi connectivity index (χ0) is 16.9. The van der Waals surface area contributed by atoms with Gasteiger partial charge in [0, 0.05) is 11.4 Å². The van der Waals surface area contributed by atoms with Crippen LogP contribution in [0.5, 0.6) is 0 Å². The van der Waals surface area contributed by atoms with E-state index in [2.05, 4.69) is 22.2 Å². The fourth-order valence-electron chi connectivity index (χ4n) is 2.50. The summed E-state index contributed by atoms with van der Waals surface area (Å²) in [5, 5.41) is 4.25. The molecule has 2 aromatic carbocycles. The number of aromatic nitrogens is 2. The summed E-state index contributed by atoms with van der Waals surface area (Å²) in [6.45, 7) is 4.10. The van der Waals surface area contributed by atoms with E-state index in [1.165, 1.54) is 0 Å². The zero-order valence-electron chi connectivity index (χ0n) is 13.7. The molecule has 0 fully saturated rings. The van der Waals surface area contributed by atoms with Gasteiger partial charge in [0.1, 0.15) is 5.82 Å².